The Labute approximate surface area is 313 Å². The second kappa shape index (κ2) is 16.0. The van der Waals surface area contributed by atoms with Crippen LogP contribution in [0.15, 0.2) is 108 Å². The topological polar surface area (TPSA) is 0 Å². The van der Waals surface area contributed by atoms with Crippen LogP contribution >= 0.6 is 0 Å². The predicted octanol–water partition coefficient (Wildman–Crippen LogP) is 6.62. The van der Waals surface area contributed by atoms with Gasteiger partial charge >= 0.3 is 37.7 Å². The molecule has 4 aliphatic rings. The van der Waals surface area contributed by atoms with Gasteiger partial charge in [0.05, 0.1) is 0 Å². The average molecular weight is 619 g/mol. The molecule has 47 heavy (non-hydrogen) atoms. The molecule has 0 amide bonds. The third kappa shape index (κ3) is 7.09. The molecule has 2 radical (unpaired) electrons. The predicted molar refractivity (Wildman–Crippen MR) is 196 cm³/mol. The number of fused-ring (bicyclic) bond motifs is 2. The molecular weight excluding hydrogens is 570 g/mol. The van der Waals surface area contributed by atoms with Crippen molar-refractivity contribution < 1.29 is 40.6 Å². The summed E-state index contributed by atoms with van der Waals surface area (Å²) in [4.78, 5) is 0. The first kappa shape index (κ1) is 34.6. The second-order valence-corrected chi connectivity index (χ2v) is 15.4. The number of hydrogen-bond donors (Lipinski definition) is 0. The number of hydrogen-bond acceptors (Lipinski definition) is 0. The molecule has 4 aromatic carbocycles. The zero-order chi connectivity index (χ0) is 30.0. The smallest absolute Gasteiger partial charge is 1.00 e. The van der Waals surface area contributed by atoms with Crippen molar-refractivity contribution in [1.29, 1.82) is 0 Å². The molecule has 230 valence electrons. The number of allylic oxidation sites excluding steroid dienone is 2. The van der Waals surface area contributed by atoms with Gasteiger partial charge in [0.25, 0.3) is 0 Å². The van der Waals surface area contributed by atoms with E-state index < -0.39 is 0 Å². The largest absolute Gasteiger partial charge is 1.00 e. The Morgan fingerprint density at radius 1 is 0.468 bits per heavy atom. The molecule has 0 aromatic heterocycles. The summed E-state index contributed by atoms with van der Waals surface area (Å²) >= 11 is 0. The summed E-state index contributed by atoms with van der Waals surface area (Å²) < 4.78 is 0. The van der Waals surface area contributed by atoms with E-state index in [1.165, 1.54) is 110 Å². The fourth-order valence-electron chi connectivity index (χ4n) is 9.23. The molecule has 2 saturated carbocycles. The quantitative estimate of drug-likeness (QED) is 0.195. The molecule has 4 aliphatic carbocycles. The van der Waals surface area contributed by atoms with E-state index in [-0.39, 0.29) is 40.6 Å². The Kier molecular flexibility index (Phi) is 11.8. The minimum Gasteiger partial charge on any atom is -1.00 e. The average Bonchev–Trinajstić information content (AvgIpc) is 3.68. The van der Waals surface area contributed by atoms with Gasteiger partial charge in [-0.05, 0) is 82.0 Å². The summed E-state index contributed by atoms with van der Waals surface area (Å²) in [5.41, 5.74) is 15.3. The number of benzene rings is 4. The van der Waals surface area contributed by atoms with E-state index >= 15 is 0 Å². The fraction of sp³-hybridized carbons (Fsp3) is 0.364. The van der Waals surface area contributed by atoms with Crippen LogP contribution in [0.1, 0.15) is 101 Å². The first-order valence-electron chi connectivity index (χ1n) is 17.9. The SMILES string of the molecule is C1=C(C2CCCCC2)C(C[Si]CC2C(C3CCCCC3)=Cc3c(-c4ccccc4)cccc32)c2cccc(-c3ccccc3)c21.[H-].[H-].[Li+].[Li+]. The third-order valence-corrected chi connectivity index (χ3v) is 12.9. The van der Waals surface area contributed by atoms with Gasteiger partial charge in [0.2, 0.25) is 0 Å². The zero-order valence-corrected chi connectivity index (χ0v) is 29.7. The van der Waals surface area contributed by atoms with Crippen LogP contribution < -0.4 is 37.7 Å². The van der Waals surface area contributed by atoms with E-state index in [9.17, 15) is 0 Å². The molecular formula is C44H48Li2Si. The van der Waals surface area contributed by atoms with Gasteiger partial charge in [-0.3, -0.25) is 0 Å². The van der Waals surface area contributed by atoms with Gasteiger partial charge in [-0.2, -0.15) is 0 Å². The van der Waals surface area contributed by atoms with Crippen molar-refractivity contribution in [1.82, 2.24) is 0 Å². The van der Waals surface area contributed by atoms with Gasteiger partial charge in [0.15, 0.2) is 0 Å². The molecule has 0 heterocycles. The third-order valence-electron chi connectivity index (χ3n) is 11.5. The molecule has 0 bridgehead atoms. The normalized spacial score (nSPS) is 20.8. The van der Waals surface area contributed by atoms with Crippen LogP contribution in [0, 0.1) is 11.8 Å². The first-order chi connectivity index (χ1) is 22.3. The van der Waals surface area contributed by atoms with Crippen LogP contribution in [-0.4, -0.2) is 9.52 Å². The molecule has 2 unspecified atom stereocenters. The van der Waals surface area contributed by atoms with Gasteiger partial charge in [0, 0.05) is 21.4 Å². The molecule has 4 aromatic rings. The van der Waals surface area contributed by atoms with Gasteiger partial charge in [-0.25, -0.2) is 0 Å². The van der Waals surface area contributed by atoms with E-state index in [1.54, 1.807) is 22.3 Å². The van der Waals surface area contributed by atoms with Gasteiger partial charge in [-0.1, -0.05) is 171 Å². The van der Waals surface area contributed by atoms with Crippen molar-refractivity contribution in [2.45, 2.75) is 88.1 Å². The van der Waals surface area contributed by atoms with Crippen molar-refractivity contribution in [2.24, 2.45) is 11.8 Å². The molecule has 0 saturated heterocycles. The molecule has 8 rings (SSSR count). The van der Waals surface area contributed by atoms with Crippen LogP contribution in [0.2, 0.25) is 12.1 Å². The standard InChI is InChI=1S/C44H46Si.2Li.2H/c1-5-15-31(16-6-1)35-23-13-25-37-41(35)27-39(33-19-9-3-10-20-33)43(37)29-45-30-44-38-26-14-24-36(32-17-7-2-8-18-32)42(38)28-40(44)34-21-11-4-12-22-34;;;;/h1-2,5-8,13-18,23-28,33-34,43-44H,3-4,9-12,19-22,29-30H2;;;;/q;2*+1;2*-1. The van der Waals surface area contributed by atoms with Gasteiger partial charge < -0.3 is 2.85 Å². The van der Waals surface area contributed by atoms with Gasteiger partial charge in [-0.15, -0.1) is 0 Å². The van der Waals surface area contributed by atoms with Crippen LogP contribution in [0.3, 0.4) is 0 Å². The Balaban J connectivity index is 0.00000135. The van der Waals surface area contributed by atoms with Gasteiger partial charge in [0.1, 0.15) is 0 Å². The van der Waals surface area contributed by atoms with Crippen LogP contribution in [0.4, 0.5) is 0 Å². The zero-order valence-electron chi connectivity index (χ0n) is 30.7. The molecule has 0 N–H and O–H groups in total. The summed E-state index contributed by atoms with van der Waals surface area (Å²) in [5, 5.41) is 0. The Bertz CT molecular complexity index is 1580. The molecule has 2 fully saturated rings. The van der Waals surface area contributed by atoms with E-state index in [1.807, 2.05) is 0 Å². The molecule has 3 heteroatoms. The van der Waals surface area contributed by atoms with Crippen LogP contribution in [-0.2, 0) is 0 Å². The summed E-state index contributed by atoms with van der Waals surface area (Å²) in [6, 6.07) is 39.1. The first-order valence-corrected chi connectivity index (χ1v) is 19.3. The maximum Gasteiger partial charge on any atom is 1.00 e. The molecule has 0 nitrogen and oxygen atoms in total. The Morgan fingerprint density at radius 2 is 0.872 bits per heavy atom. The minimum atomic E-state index is 0. The maximum absolute atomic E-state index is 2.66. The van der Waals surface area contributed by atoms with Crippen LogP contribution in [0.5, 0.6) is 0 Å². The summed E-state index contributed by atoms with van der Waals surface area (Å²) in [5.74, 6) is 2.71. The maximum atomic E-state index is 2.66. The van der Waals surface area contributed by atoms with Crippen molar-refractivity contribution in [3.8, 4) is 22.3 Å². The van der Waals surface area contributed by atoms with E-state index in [2.05, 4.69) is 109 Å². The van der Waals surface area contributed by atoms with E-state index in [0.717, 1.165) is 21.4 Å². The molecule has 0 spiro atoms. The minimum absolute atomic E-state index is 0. The summed E-state index contributed by atoms with van der Waals surface area (Å²) in [6.07, 6.45) is 19.3. The second-order valence-electron chi connectivity index (χ2n) is 14.1. The monoisotopic (exact) mass is 618 g/mol. The number of rotatable bonds is 8. The Hall–Kier alpha value is -2.23. The Morgan fingerprint density at radius 3 is 1.28 bits per heavy atom. The fourth-order valence-corrected chi connectivity index (χ4v) is 10.9. The van der Waals surface area contributed by atoms with Crippen LogP contribution in [0.25, 0.3) is 34.4 Å². The van der Waals surface area contributed by atoms with Crippen molar-refractivity contribution in [3.05, 3.63) is 130 Å². The van der Waals surface area contributed by atoms with E-state index in [4.69, 9.17) is 0 Å². The van der Waals surface area contributed by atoms with E-state index in [0.29, 0.717) is 11.8 Å². The summed E-state index contributed by atoms with van der Waals surface area (Å²) in [7, 11) is 0.970. The van der Waals surface area contributed by atoms with Crippen molar-refractivity contribution in [2.75, 3.05) is 0 Å². The molecule has 2 atom stereocenters. The van der Waals surface area contributed by atoms with Crippen molar-refractivity contribution in [3.63, 3.8) is 0 Å². The van der Waals surface area contributed by atoms with Crippen molar-refractivity contribution >= 4 is 21.7 Å². The molecule has 0 aliphatic heterocycles. The summed E-state index contributed by atoms with van der Waals surface area (Å²) in [6.45, 7) is 0.